The zero-order valence-corrected chi connectivity index (χ0v) is 18.0. The highest BCUT2D eigenvalue weighted by Crippen LogP contribution is 2.15. The van der Waals surface area contributed by atoms with E-state index in [-0.39, 0.29) is 34.6 Å². The van der Waals surface area contributed by atoms with Gasteiger partial charge in [0.2, 0.25) is 11.8 Å². The second-order valence-electron chi connectivity index (χ2n) is 6.75. The number of thioether (sulfide) groups is 1. The standard InChI is InChI=1S/C23H22N4O3S/c1-4-17-9-8-10-18(13-17)24-20(28)14-31-15-21(29)25-22-16(2)26(3)27(23(22)30)19-11-6-5-7-12-19/h1,5-13H,14-15H2,2-3H3,(H,24,28)(H,25,29). The van der Waals surface area contributed by atoms with E-state index in [4.69, 9.17) is 6.42 Å². The number of hydrogen-bond acceptors (Lipinski definition) is 4. The Kier molecular flexibility index (Phi) is 7.00. The normalized spacial score (nSPS) is 10.4. The van der Waals surface area contributed by atoms with E-state index in [9.17, 15) is 14.4 Å². The molecule has 0 saturated carbocycles. The van der Waals surface area contributed by atoms with Gasteiger partial charge in [-0.25, -0.2) is 4.68 Å². The minimum absolute atomic E-state index is 0.0386. The Morgan fingerprint density at radius 2 is 1.71 bits per heavy atom. The number of carbonyl (C=O) groups is 2. The van der Waals surface area contributed by atoms with E-state index >= 15 is 0 Å². The molecular formula is C23H22N4O3S. The zero-order chi connectivity index (χ0) is 22.4. The third-order valence-corrected chi connectivity index (χ3v) is 5.53. The second kappa shape index (κ2) is 9.87. The molecule has 1 heterocycles. The van der Waals surface area contributed by atoms with Crippen LogP contribution < -0.4 is 16.2 Å². The summed E-state index contributed by atoms with van der Waals surface area (Å²) >= 11 is 1.16. The lowest BCUT2D eigenvalue weighted by atomic mass is 10.2. The van der Waals surface area contributed by atoms with Crippen molar-refractivity contribution in [3.8, 4) is 18.0 Å². The van der Waals surface area contributed by atoms with Crippen molar-refractivity contribution in [2.24, 2.45) is 7.05 Å². The molecule has 0 aliphatic heterocycles. The highest BCUT2D eigenvalue weighted by molar-refractivity contribution is 8.00. The van der Waals surface area contributed by atoms with Crippen molar-refractivity contribution in [3.63, 3.8) is 0 Å². The summed E-state index contributed by atoms with van der Waals surface area (Å²) in [6.07, 6.45) is 5.35. The van der Waals surface area contributed by atoms with Crippen LogP contribution >= 0.6 is 11.8 Å². The topological polar surface area (TPSA) is 85.1 Å². The van der Waals surface area contributed by atoms with Crippen molar-refractivity contribution < 1.29 is 9.59 Å². The van der Waals surface area contributed by atoms with Crippen LogP contribution in [0.2, 0.25) is 0 Å². The summed E-state index contributed by atoms with van der Waals surface area (Å²) in [5.41, 5.74) is 2.54. The van der Waals surface area contributed by atoms with Gasteiger partial charge in [0.1, 0.15) is 5.69 Å². The van der Waals surface area contributed by atoms with Gasteiger partial charge in [-0.1, -0.05) is 30.2 Å². The summed E-state index contributed by atoms with van der Waals surface area (Å²) in [7, 11) is 1.76. The van der Waals surface area contributed by atoms with Crippen molar-refractivity contribution in [1.29, 1.82) is 0 Å². The second-order valence-corrected chi connectivity index (χ2v) is 7.74. The number of anilines is 2. The van der Waals surface area contributed by atoms with Gasteiger partial charge in [0.15, 0.2) is 0 Å². The molecule has 0 unspecified atom stereocenters. The maximum Gasteiger partial charge on any atom is 0.295 e. The molecule has 158 valence electrons. The monoisotopic (exact) mass is 434 g/mol. The molecule has 0 fully saturated rings. The number of nitrogens with one attached hydrogen (secondary N) is 2. The molecule has 3 rings (SSSR count). The summed E-state index contributed by atoms with van der Waals surface area (Å²) < 4.78 is 3.19. The molecule has 31 heavy (non-hydrogen) atoms. The Balaban J connectivity index is 1.57. The maximum atomic E-state index is 12.8. The van der Waals surface area contributed by atoms with E-state index in [1.165, 1.54) is 4.68 Å². The predicted molar refractivity (Wildman–Crippen MR) is 125 cm³/mol. The lowest BCUT2D eigenvalue weighted by Gasteiger charge is -2.07. The third kappa shape index (κ3) is 5.27. The van der Waals surface area contributed by atoms with Gasteiger partial charge < -0.3 is 10.6 Å². The van der Waals surface area contributed by atoms with Crippen LogP contribution in [0.25, 0.3) is 5.69 Å². The van der Waals surface area contributed by atoms with E-state index in [2.05, 4.69) is 16.6 Å². The van der Waals surface area contributed by atoms with Crippen molar-refractivity contribution in [2.75, 3.05) is 22.1 Å². The van der Waals surface area contributed by atoms with Crippen molar-refractivity contribution >= 4 is 35.0 Å². The number of para-hydroxylation sites is 1. The summed E-state index contributed by atoms with van der Waals surface area (Å²) in [4.78, 5) is 37.3. The maximum absolute atomic E-state index is 12.8. The van der Waals surface area contributed by atoms with Crippen LogP contribution in [0.15, 0.2) is 59.4 Å². The Bertz CT molecular complexity index is 1210. The van der Waals surface area contributed by atoms with E-state index in [1.54, 1.807) is 42.9 Å². The van der Waals surface area contributed by atoms with E-state index in [0.717, 1.165) is 11.8 Å². The largest absolute Gasteiger partial charge is 0.325 e. The van der Waals surface area contributed by atoms with Crippen molar-refractivity contribution in [3.05, 3.63) is 76.2 Å². The highest BCUT2D eigenvalue weighted by Gasteiger charge is 2.18. The number of nitrogens with zero attached hydrogens (tertiary/aromatic N) is 2. The van der Waals surface area contributed by atoms with E-state index in [0.29, 0.717) is 22.6 Å². The van der Waals surface area contributed by atoms with Gasteiger partial charge in [-0.2, -0.15) is 0 Å². The first kappa shape index (κ1) is 22.0. The number of carbonyl (C=O) groups excluding carboxylic acids is 2. The fourth-order valence-corrected chi connectivity index (χ4v) is 3.63. The smallest absolute Gasteiger partial charge is 0.295 e. The van der Waals surface area contributed by atoms with Crippen molar-refractivity contribution in [1.82, 2.24) is 9.36 Å². The number of amides is 2. The fourth-order valence-electron chi connectivity index (χ4n) is 3.01. The van der Waals surface area contributed by atoms with Crippen LogP contribution in [-0.2, 0) is 16.6 Å². The Hall–Kier alpha value is -3.70. The van der Waals surface area contributed by atoms with Crippen LogP contribution in [0, 0.1) is 19.3 Å². The SMILES string of the molecule is C#Cc1cccc(NC(=O)CSCC(=O)Nc2c(C)n(C)n(-c3ccccc3)c2=O)c1. The minimum Gasteiger partial charge on any atom is -0.325 e. The summed E-state index contributed by atoms with van der Waals surface area (Å²) in [6.45, 7) is 1.77. The fraction of sp³-hybridized carbons (Fsp3) is 0.174. The minimum atomic E-state index is -0.349. The highest BCUT2D eigenvalue weighted by atomic mass is 32.2. The van der Waals surface area contributed by atoms with Gasteiger partial charge in [0.25, 0.3) is 5.56 Å². The first-order valence-corrected chi connectivity index (χ1v) is 10.6. The quantitative estimate of drug-likeness (QED) is 0.560. The molecule has 2 N–H and O–H groups in total. The van der Waals surface area contributed by atoms with Crippen LogP contribution in [-0.4, -0.2) is 32.7 Å². The lowest BCUT2D eigenvalue weighted by molar-refractivity contribution is -0.114. The van der Waals surface area contributed by atoms with Gasteiger partial charge in [-0.15, -0.1) is 18.2 Å². The lowest BCUT2D eigenvalue weighted by Crippen LogP contribution is -2.24. The number of terminal acetylenes is 1. The molecule has 0 radical (unpaired) electrons. The number of benzene rings is 2. The Labute approximate surface area is 184 Å². The molecule has 0 aliphatic carbocycles. The van der Waals surface area contributed by atoms with Crippen LogP contribution in [0.4, 0.5) is 11.4 Å². The summed E-state index contributed by atoms with van der Waals surface area (Å²) in [6, 6.07) is 16.2. The molecule has 2 amide bonds. The molecule has 0 saturated heterocycles. The average molecular weight is 435 g/mol. The van der Waals surface area contributed by atoms with Crippen molar-refractivity contribution in [2.45, 2.75) is 6.92 Å². The van der Waals surface area contributed by atoms with Gasteiger partial charge >= 0.3 is 0 Å². The molecule has 2 aromatic carbocycles. The van der Waals surface area contributed by atoms with Gasteiger partial charge in [-0.05, 0) is 37.3 Å². The molecule has 0 atom stereocenters. The molecule has 8 heteroatoms. The molecule has 0 spiro atoms. The molecule has 3 aromatic rings. The number of rotatable bonds is 7. The van der Waals surface area contributed by atoms with Gasteiger partial charge in [0.05, 0.1) is 22.9 Å². The summed E-state index contributed by atoms with van der Waals surface area (Å²) in [5.74, 6) is 2.05. The van der Waals surface area contributed by atoms with Crippen LogP contribution in [0.1, 0.15) is 11.3 Å². The summed E-state index contributed by atoms with van der Waals surface area (Å²) in [5, 5.41) is 5.42. The number of hydrogen-bond donors (Lipinski definition) is 2. The van der Waals surface area contributed by atoms with E-state index < -0.39 is 0 Å². The molecule has 0 aliphatic rings. The zero-order valence-electron chi connectivity index (χ0n) is 17.2. The molecular weight excluding hydrogens is 412 g/mol. The van der Waals surface area contributed by atoms with Crippen LogP contribution in [0.5, 0.6) is 0 Å². The first-order valence-electron chi connectivity index (χ1n) is 9.49. The molecule has 0 bridgehead atoms. The molecule has 7 nitrogen and oxygen atoms in total. The van der Waals surface area contributed by atoms with Gasteiger partial charge in [0, 0.05) is 18.3 Å². The van der Waals surface area contributed by atoms with E-state index in [1.807, 2.05) is 30.3 Å². The number of aromatic nitrogens is 2. The first-order chi connectivity index (χ1) is 14.9. The van der Waals surface area contributed by atoms with Gasteiger partial charge in [-0.3, -0.25) is 19.1 Å². The Morgan fingerprint density at radius 3 is 2.39 bits per heavy atom. The average Bonchev–Trinajstić information content (AvgIpc) is 2.97. The van der Waals surface area contributed by atoms with Crippen LogP contribution in [0.3, 0.4) is 0 Å². The third-order valence-electron chi connectivity index (χ3n) is 4.60. The Morgan fingerprint density at radius 1 is 1.03 bits per heavy atom. The molecule has 1 aromatic heterocycles. The predicted octanol–water partition coefficient (Wildman–Crippen LogP) is 2.78.